The number of nitrogens with zero attached hydrogens (tertiary/aromatic N) is 3. The average molecular weight is 423 g/mol. The molecule has 2 aliphatic heterocycles. The highest BCUT2D eigenvalue weighted by atomic mass is 35.5. The SMILES string of the molecule is O=C(NCc1ccco1)N1CCN2C(=O)c3cccnc3CC12c1ccc(Cl)cc1. The minimum absolute atomic E-state index is 0.124. The van der Waals surface area contributed by atoms with Gasteiger partial charge in [-0.15, -0.1) is 0 Å². The highest BCUT2D eigenvalue weighted by Gasteiger charge is 2.56. The Balaban J connectivity index is 1.57. The van der Waals surface area contributed by atoms with Gasteiger partial charge in [-0.3, -0.25) is 14.7 Å². The van der Waals surface area contributed by atoms with Crippen molar-refractivity contribution in [3.63, 3.8) is 0 Å². The lowest BCUT2D eigenvalue weighted by Crippen LogP contribution is -2.60. The van der Waals surface area contributed by atoms with Crippen molar-refractivity contribution in [3.05, 3.63) is 88.6 Å². The van der Waals surface area contributed by atoms with Crippen LogP contribution in [0.4, 0.5) is 4.79 Å². The summed E-state index contributed by atoms with van der Waals surface area (Å²) in [6.45, 7) is 1.11. The van der Waals surface area contributed by atoms with Crippen LogP contribution in [-0.4, -0.2) is 39.8 Å². The van der Waals surface area contributed by atoms with Gasteiger partial charge in [0.15, 0.2) is 5.66 Å². The van der Waals surface area contributed by atoms with Gasteiger partial charge in [-0.25, -0.2) is 4.79 Å². The molecule has 1 aromatic carbocycles. The number of urea groups is 1. The minimum atomic E-state index is -0.962. The van der Waals surface area contributed by atoms with E-state index in [0.29, 0.717) is 41.6 Å². The number of halogens is 1. The van der Waals surface area contributed by atoms with Gasteiger partial charge in [-0.1, -0.05) is 23.7 Å². The Kier molecular flexibility index (Phi) is 4.47. The van der Waals surface area contributed by atoms with Crippen molar-refractivity contribution in [1.29, 1.82) is 0 Å². The number of furan rings is 1. The minimum Gasteiger partial charge on any atom is -0.467 e. The molecule has 0 radical (unpaired) electrons. The monoisotopic (exact) mass is 422 g/mol. The summed E-state index contributed by atoms with van der Waals surface area (Å²) in [7, 11) is 0. The number of benzene rings is 1. The molecule has 2 aliphatic rings. The maximum absolute atomic E-state index is 13.3. The zero-order chi connectivity index (χ0) is 20.7. The standard InChI is InChI=1S/C22H19ClN4O3/c23-16-7-5-15(6-8-16)22-13-19-18(4-1-9-24-19)20(28)26(22)10-11-27(22)21(29)25-14-17-3-2-12-30-17/h1-9,12H,10-11,13-14H2,(H,25,29). The lowest BCUT2D eigenvalue weighted by Gasteiger charge is -2.46. The van der Waals surface area contributed by atoms with Crippen LogP contribution in [0.2, 0.25) is 5.02 Å². The van der Waals surface area contributed by atoms with E-state index in [0.717, 1.165) is 5.56 Å². The normalized spacial score (nSPS) is 20.1. The molecule has 1 atom stereocenters. The lowest BCUT2D eigenvalue weighted by molar-refractivity contribution is 0.0194. The van der Waals surface area contributed by atoms with E-state index >= 15 is 0 Å². The van der Waals surface area contributed by atoms with Gasteiger partial charge in [0.05, 0.1) is 24.1 Å². The molecule has 0 saturated carbocycles. The Morgan fingerprint density at radius 3 is 2.77 bits per heavy atom. The summed E-state index contributed by atoms with van der Waals surface area (Å²) in [5.74, 6) is 0.535. The number of carbonyl (C=O) groups is 2. The first-order valence-electron chi connectivity index (χ1n) is 9.69. The van der Waals surface area contributed by atoms with Crippen LogP contribution in [0, 0.1) is 0 Å². The summed E-state index contributed by atoms with van der Waals surface area (Å²) < 4.78 is 5.32. The Morgan fingerprint density at radius 2 is 2.00 bits per heavy atom. The summed E-state index contributed by atoms with van der Waals surface area (Å²) in [6, 6.07) is 14.1. The van der Waals surface area contributed by atoms with Gasteiger partial charge in [0, 0.05) is 30.7 Å². The van der Waals surface area contributed by atoms with E-state index in [9.17, 15) is 9.59 Å². The third kappa shape index (κ3) is 2.85. The predicted octanol–water partition coefficient (Wildman–Crippen LogP) is 3.40. The van der Waals surface area contributed by atoms with E-state index in [-0.39, 0.29) is 18.5 Å². The fourth-order valence-corrected chi connectivity index (χ4v) is 4.53. The number of rotatable bonds is 3. The highest BCUT2D eigenvalue weighted by Crippen LogP contribution is 2.44. The maximum atomic E-state index is 13.3. The largest absolute Gasteiger partial charge is 0.467 e. The van der Waals surface area contributed by atoms with E-state index in [1.165, 1.54) is 0 Å². The second-order valence-electron chi connectivity index (χ2n) is 7.34. The highest BCUT2D eigenvalue weighted by molar-refractivity contribution is 6.30. The van der Waals surface area contributed by atoms with Crippen molar-refractivity contribution >= 4 is 23.5 Å². The second kappa shape index (κ2) is 7.18. The molecule has 3 amide bonds. The third-order valence-electron chi connectivity index (χ3n) is 5.77. The van der Waals surface area contributed by atoms with Crippen LogP contribution < -0.4 is 5.32 Å². The fraction of sp³-hybridized carbons (Fsp3) is 0.227. The molecule has 1 saturated heterocycles. The number of fused-ring (bicyclic) bond motifs is 2. The number of nitrogens with one attached hydrogen (secondary N) is 1. The molecule has 1 unspecified atom stereocenters. The van der Waals surface area contributed by atoms with Gasteiger partial charge in [-0.05, 0) is 42.0 Å². The average Bonchev–Trinajstić information content (AvgIpc) is 3.41. The van der Waals surface area contributed by atoms with Crippen LogP contribution in [0.5, 0.6) is 0 Å². The van der Waals surface area contributed by atoms with E-state index in [4.69, 9.17) is 16.0 Å². The van der Waals surface area contributed by atoms with E-state index in [1.807, 2.05) is 12.1 Å². The summed E-state index contributed by atoms with van der Waals surface area (Å²) in [4.78, 5) is 34.5. The molecule has 152 valence electrons. The smallest absolute Gasteiger partial charge is 0.319 e. The summed E-state index contributed by atoms with van der Waals surface area (Å²) in [5.41, 5.74) is 1.12. The molecule has 7 nitrogen and oxygen atoms in total. The first kappa shape index (κ1) is 18.7. The molecule has 4 heterocycles. The second-order valence-corrected chi connectivity index (χ2v) is 7.78. The van der Waals surface area contributed by atoms with Gasteiger partial charge in [0.25, 0.3) is 5.91 Å². The Hall–Kier alpha value is -3.32. The van der Waals surface area contributed by atoms with Crippen molar-refractivity contribution in [2.45, 2.75) is 18.6 Å². The van der Waals surface area contributed by atoms with Crippen molar-refractivity contribution in [2.75, 3.05) is 13.1 Å². The van der Waals surface area contributed by atoms with E-state index in [1.54, 1.807) is 58.7 Å². The Bertz CT molecular complexity index is 1100. The maximum Gasteiger partial charge on any atom is 0.319 e. The van der Waals surface area contributed by atoms with Crippen molar-refractivity contribution < 1.29 is 14.0 Å². The predicted molar refractivity (Wildman–Crippen MR) is 110 cm³/mol. The molecule has 2 aromatic heterocycles. The van der Waals surface area contributed by atoms with Gasteiger partial charge in [0.2, 0.25) is 0 Å². The molecular formula is C22H19ClN4O3. The van der Waals surface area contributed by atoms with Crippen LogP contribution in [-0.2, 0) is 18.6 Å². The fourth-order valence-electron chi connectivity index (χ4n) is 4.40. The number of hydrogen-bond acceptors (Lipinski definition) is 4. The molecule has 1 fully saturated rings. The van der Waals surface area contributed by atoms with Crippen LogP contribution in [0.15, 0.2) is 65.4 Å². The summed E-state index contributed by atoms with van der Waals surface area (Å²) in [5, 5.41) is 3.51. The third-order valence-corrected chi connectivity index (χ3v) is 6.02. The molecule has 0 aliphatic carbocycles. The molecule has 8 heteroatoms. The first-order chi connectivity index (χ1) is 14.6. The molecule has 0 bridgehead atoms. The van der Waals surface area contributed by atoms with Crippen LogP contribution in [0.1, 0.15) is 27.4 Å². The molecule has 3 aromatic rings. The van der Waals surface area contributed by atoms with Crippen molar-refractivity contribution in [2.24, 2.45) is 0 Å². The van der Waals surface area contributed by atoms with E-state index in [2.05, 4.69) is 10.3 Å². The Morgan fingerprint density at radius 1 is 1.17 bits per heavy atom. The number of amides is 3. The van der Waals surface area contributed by atoms with Crippen LogP contribution in [0.25, 0.3) is 0 Å². The molecule has 1 N–H and O–H groups in total. The Labute approximate surface area is 178 Å². The lowest BCUT2D eigenvalue weighted by atomic mass is 9.86. The van der Waals surface area contributed by atoms with Gasteiger partial charge < -0.3 is 14.6 Å². The van der Waals surface area contributed by atoms with Crippen LogP contribution >= 0.6 is 11.6 Å². The molecule has 5 rings (SSSR count). The zero-order valence-corrected chi connectivity index (χ0v) is 16.8. The van der Waals surface area contributed by atoms with Crippen LogP contribution in [0.3, 0.4) is 0 Å². The number of pyridine rings is 1. The van der Waals surface area contributed by atoms with Crippen molar-refractivity contribution in [3.8, 4) is 0 Å². The number of aromatic nitrogens is 1. The zero-order valence-electron chi connectivity index (χ0n) is 16.0. The molecular weight excluding hydrogens is 404 g/mol. The van der Waals surface area contributed by atoms with E-state index < -0.39 is 5.66 Å². The summed E-state index contributed by atoms with van der Waals surface area (Å²) in [6.07, 6.45) is 3.65. The quantitative estimate of drug-likeness (QED) is 0.701. The van der Waals surface area contributed by atoms with Gasteiger partial charge >= 0.3 is 6.03 Å². The topological polar surface area (TPSA) is 78.7 Å². The van der Waals surface area contributed by atoms with Gasteiger partial charge in [-0.2, -0.15) is 0 Å². The number of hydrogen-bond donors (Lipinski definition) is 1. The van der Waals surface area contributed by atoms with Gasteiger partial charge in [0.1, 0.15) is 5.76 Å². The molecule has 30 heavy (non-hydrogen) atoms. The first-order valence-corrected chi connectivity index (χ1v) is 10.1. The van der Waals surface area contributed by atoms with Crippen molar-refractivity contribution in [1.82, 2.24) is 20.1 Å². The number of carbonyl (C=O) groups excluding carboxylic acids is 2. The molecule has 0 spiro atoms. The summed E-state index contributed by atoms with van der Waals surface area (Å²) >= 11 is 6.11.